The molecule has 1 fully saturated rings. The lowest BCUT2D eigenvalue weighted by Crippen LogP contribution is -2.42. The molecule has 1 heterocycles. The number of rotatable bonds is 3. The molecule has 1 aliphatic rings. The van der Waals surface area contributed by atoms with Crippen molar-refractivity contribution in [1.82, 2.24) is 10.2 Å². The summed E-state index contributed by atoms with van der Waals surface area (Å²) in [6.07, 6.45) is 3.62. The Kier molecular flexibility index (Phi) is 4.23. The second kappa shape index (κ2) is 5.43. The van der Waals surface area contributed by atoms with Crippen molar-refractivity contribution in [2.75, 3.05) is 11.9 Å². The fraction of sp³-hybridized carbons (Fsp3) is 0.692. The zero-order valence-corrected chi connectivity index (χ0v) is 12.7. The van der Waals surface area contributed by atoms with Crippen molar-refractivity contribution in [3.63, 3.8) is 0 Å². The number of hydrogen-bond acceptors (Lipinski definition) is 4. The molecule has 0 amide bonds. The molecule has 106 valence electrons. The van der Waals surface area contributed by atoms with Gasteiger partial charge in [0, 0.05) is 12.6 Å². The second-order valence-corrected chi connectivity index (χ2v) is 6.86. The Morgan fingerprint density at radius 3 is 2.47 bits per heavy atom. The molecule has 0 aromatic carbocycles. The predicted molar refractivity (Wildman–Crippen MR) is 77.7 cm³/mol. The SMILES string of the molecule is CC1(C)CCC(O)(CNc2cc(Cl)nnc2Cl)CC1. The summed E-state index contributed by atoms with van der Waals surface area (Å²) >= 11 is 11.7. The third kappa shape index (κ3) is 3.94. The highest BCUT2D eigenvalue weighted by molar-refractivity contribution is 6.33. The molecule has 1 aromatic heterocycles. The summed E-state index contributed by atoms with van der Waals surface area (Å²) in [5, 5.41) is 21.6. The molecule has 0 atom stereocenters. The van der Waals surface area contributed by atoms with Crippen LogP contribution in [0.3, 0.4) is 0 Å². The molecular weight excluding hydrogens is 285 g/mol. The van der Waals surface area contributed by atoms with Crippen LogP contribution in [0.15, 0.2) is 6.07 Å². The Labute approximate surface area is 123 Å². The van der Waals surface area contributed by atoms with Gasteiger partial charge in [-0.15, -0.1) is 10.2 Å². The van der Waals surface area contributed by atoms with Crippen LogP contribution in [0.1, 0.15) is 39.5 Å². The number of anilines is 1. The van der Waals surface area contributed by atoms with Gasteiger partial charge in [-0.25, -0.2) is 0 Å². The average Bonchev–Trinajstić information content (AvgIpc) is 2.35. The van der Waals surface area contributed by atoms with Crippen LogP contribution < -0.4 is 5.32 Å². The summed E-state index contributed by atoms with van der Waals surface area (Å²) in [6, 6.07) is 1.62. The first-order valence-electron chi connectivity index (χ1n) is 6.45. The van der Waals surface area contributed by atoms with Crippen molar-refractivity contribution >= 4 is 28.9 Å². The van der Waals surface area contributed by atoms with Crippen molar-refractivity contribution in [1.29, 1.82) is 0 Å². The quantitative estimate of drug-likeness (QED) is 0.897. The van der Waals surface area contributed by atoms with Crippen LogP contribution in [0.5, 0.6) is 0 Å². The molecule has 0 radical (unpaired) electrons. The van der Waals surface area contributed by atoms with Crippen molar-refractivity contribution in [2.45, 2.75) is 45.1 Å². The molecule has 0 bridgehead atoms. The Hall–Kier alpha value is -0.580. The van der Waals surface area contributed by atoms with Gasteiger partial charge in [-0.05, 0) is 31.1 Å². The minimum absolute atomic E-state index is 0.268. The molecule has 0 saturated heterocycles. The zero-order valence-electron chi connectivity index (χ0n) is 11.2. The molecule has 2 rings (SSSR count). The Morgan fingerprint density at radius 2 is 1.84 bits per heavy atom. The maximum atomic E-state index is 10.6. The van der Waals surface area contributed by atoms with Gasteiger partial charge in [0.1, 0.15) is 0 Å². The molecule has 19 heavy (non-hydrogen) atoms. The van der Waals surface area contributed by atoms with Gasteiger partial charge in [-0.2, -0.15) is 0 Å². The van der Waals surface area contributed by atoms with E-state index in [0.717, 1.165) is 25.7 Å². The van der Waals surface area contributed by atoms with E-state index >= 15 is 0 Å². The summed E-state index contributed by atoms with van der Waals surface area (Å²) in [7, 11) is 0. The average molecular weight is 304 g/mol. The molecule has 6 heteroatoms. The van der Waals surface area contributed by atoms with Gasteiger partial charge in [0.2, 0.25) is 0 Å². The number of halogens is 2. The fourth-order valence-corrected chi connectivity index (χ4v) is 2.61. The van der Waals surface area contributed by atoms with E-state index in [9.17, 15) is 5.11 Å². The van der Waals surface area contributed by atoms with E-state index in [0.29, 0.717) is 17.6 Å². The van der Waals surface area contributed by atoms with Gasteiger partial charge in [-0.1, -0.05) is 37.0 Å². The molecule has 2 N–H and O–H groups in total. The van der Waals surface area contributed by atoms with E-state index in [1.165, 1.54) is 0 Å². The van der Waals surface area contributed by atoms with E-state index in [1.807, 2.05) is 0 Å². The topological polar surface area (TPSA) is 58.0 Å². The first kappa shape index (κ1) is 14.8. The summed E-state index contributed by atoms with van der Waals surface area (Å²) in [6.45, 7) is 4.93. The predicted octanol–water partition coefficient (Wildman–Crippen LogP) is 3.53. The lowest BCUT2D eigenvalue weighted by atomic mass is 9.71. The van der Waals surface area contributed by atoms with E-state index in [4.69, 9.17) is 23.2 Å². The van der Waals surface area contributed by atoms with Crippen LogP contribution >= 0.6 is 23.2 Å². The highest BCUT2D eigenvalue weighted by Gasteiger charge is 2.36. The number of nitrogens with one attached hydrogen (secondary N) is 1. The monoisotopic (exact) mass is 303 g/mol. The van der Waals surface area contributed by atoms with Gasteiger partial charge < -0.3 is 10.4 Å². The third-order valence-corrected chi connectivity index (χ3v) is 4.33. The van der Waals surface area contributed by atoms with Crippen LogP contribution in [-0.2, 0) is 0 Å². The fourth-order valence-electron chi connectivity index (χ4n) is 2.31. The number of nitrogens with zero attached hydrogens (tertiary/aromatic N) is 2. The van der Waals surface area contributed by atoms with E-state index in [-0.39, 0.29) is 10.3 Å². The van der Waals surface area contributed by atoms with E-state index in [1.54, 1.807) is 6.07 Å². The number of aromatic nitrogens is 2. The van der Waals surface area contributed by atoms with Crippen molar-refractivity contribution in [2.24, 2.45) is 5.41 Å². The lowest BCUT2D eigenvalue weighted by Gasteiger charge is -2.40. The standard InChI is InChI=1S/C13H19Cl2N3O/c1-12(2)3-5-13(19,6-4-12)8-16-9-7-10(14)17-18-11(9)15/h7,19H,3-6,8H2,1-2H3,(H,16,17). The van der Waals surface area contributed by atoms with Crippen molar-refractivity contribution in [3.05, 3.63) is 16.4 Å². The highest BCUT2D eigenvalue weighted by Crippen LogP contribution is 2.40. The number of hydrogen-bond donors (Lipinski definition) is 2. The minimum atomic E-state index is -0.686. The van der Waals surface area contributed by atoms with E-state index in [2.05, 4.69) is 29.4 Å². The van der Waals surface area contributed by atoms with Gasteiger partial charge in [0.25, 0.3) is 0 Å². The van der Waals surface area contributed by atoms with Crippen LogP contribution in [0, 0.1) is 5.41 Å². The first-order chi connectivity index (χ1) is 8.80. The molecular formula is C13H19Cl2N3O. The Bertz CT molecular complexity index is 455. The summed E-state index contributed by atoms with van der Waals surface area (Å²) in [4.78, 5) is 0. The molecule has 1 saturated carbocycles. The van der Waals surface area contributed by atoms with Crippen LogP contribution in [0.25, 0.3) is 0 Å². The molecule has 0 aliphatic heterocycles. The van der Waals surface area contributed by atoms with Crippen molar-refractivity contribution in [3.8, 4) is 0 Å². The molecule has 0 spiro atoms. The molecule has 1 aliphatic carbocycles. The molecule has 0 unspecified atom stereocenters. The Morgan fingerprint density at radius 1 is 1.21 bits per heavy atom. The zero-order chi connectivity index (χ0) is 14.1. The highest BCUT2D eigenvalue weighted by atomic mass is 35.5. The smallest absolute Gasteiger partial charge is 0.174 e. The van der Waals surface area contributed by atoms with Crippen molar-refractivity contribution < 1.29 is 5.11 Å². The molecule has 4 nitrogen and oxygen atoms in total. The summed E-state index contributed by atoms with van der Waals surface area (Å²) < 4.78 is 0. The maximum absolute atomic E-state index is 10.6. The van der Waals surface area contributed by atoms with Gasteiger partial charge in [0.05, 0.1) is 11.3 Å². The van der Waals surface area contributed by atoms with Crippen LogP contribution in [0.2, 0.25) is 10.3 Å². The number of aliphatic hydroxyl groups is 1. The van der Waals surface area contributed by atoms with E-state index < -0.39 is 5.60 Å². The summed E-state index contributed by atoms with van der Waals surface area (Å²) in [5.41, 5.74) is 0.250. The second-order valence-electron chi connectivity index (χ2n) is 6.11. The summed E-state index contributed by atoms with van der Waals surface area (Å²) in [5.74, 6) is 0. The Balaban J connectivity index is 1.97. The normalized spacial score (nSPS) is 21.1. The molecule has 1 aromatic rings. The van der Waals surface area contributed by atoms with Gasteiger partial charge in [0.15, 0.2) is 10.3 Å². The largest absolute Gasteiger partial charge is 0.388 e. The third-order valence-electron chi connectivity index (χ3n) is 3.86. The van der Waals surface area contributed by atoms with Crippen LogP contribution in [-0.4, -0.2) is 27.4 Å². The van der Waals surface area contributed by atoms with Crippen LogP contribution in [0.4, 0.5) is 5.69 Å². The van der Waals surface area contributed by atoms with Gasteiger partial charge in [-0.3, -0.25) is 0 Å². The van der Waals surface area contributed by atoms with Gasteiger partial charge >= 0.3 is 0 Å². The first-order valence-corrected chi connectivity index (χ1v) is 7.20. The maximum Gasteiger partial charge on any atom is 0.174 e. The minimum Gasteiger partial charge on any atom is -0.388 e. The lowest BCUT2D eigenvalue weighted by molar-refractivity contribution is -0.0145.